The van der Waals surface area contributed by atoms with Crippen LogP contribution >= 0.6 is 0 Å². The molecule has 0 saturated heterocycles. The third-order valence-corrected chi connectivity index (χ3v) is 3.13. The second-order valence-corrected chi connectivity index (χ2v) is 4.56. The third kappa shape index (κ3) is 2.35. The van der Waals surface area contributed by atoms with Crippen LogP contribution in [0.4, 0.5) is 0 Å². The van der Waals surface area contributed by atoms with E-state index >= 15 is 0 Å². The van der Waals surface area contributed by atoms with Gasteiger partial charge in [-0.15, -0.1) is 0 Å². The van der Waals surface area contributed by atoms with Gasteiger partial charge in [-0.3, -0.25) is 4.57 Å². The van der Waals surface area contributed by atoms with E-state index < -0.39 is 0 Å². The third-order valence-electron chi connectivity index (χ3n) is 3.13. The molecule has 0 bridgehead atoms. The molecule has 3 aromatic rings. The summed E-state index contributed by atoms with van der Waals surface area (Å²) < 4.78 is 1.32. The monoisotopic (exact) mass is 270 g/mol. The Morgan fingerprint density at radius 2 is 2.05 bits per heavy atom. The molecular weight excluding hydrogens is 256 g/mol. The number of hydrogen-bond donors (Lipinski definition) is 3. The van der Waals surface area contributed by atoms with Gasteiger partial charge in [0.15, 0.2) is 0 Å². The van der Waals surface area contributed by atoms with Crippen molar-refractivity contribution in [3.05, 3.63) is 70.3 Å². The summed E-state index contributed by atoms with van der Waals surface area (Å²) in [6, 6.07) is 9.53. The number of benzene rings is 1. The van der Waals surface area contributed by atoms with E-state index in [4.69, 9.17) is 0 Å². The Morgan fingerprint density at radius 1 is 1.25 bits per heavy atom. The lowest BCUT2D eigenvalue weighted by atomic mass is 10.2. The van der Waals surface area contributed by atoms with E-state index in [2.05, 4.69) is 15.0 Å². The molecule has 0 unspecified atom stereocenters. The lowest BCUT2D eigenvalue weighted by molar-refractivity contribution is 0.416. The van der Waals surface area contributed by atoms with E-state index in [9.17, 15) is 9.90 Å². The van der Waals surface area contributed by atoms with Crippen LogP contribution in [0, 0.1) is 0 Å². The number of nitrogens with one attached hydrogen (secondary N) is 2. The summed E-state index contributed by atoms with van der Waals surface area (Å²) >= 11 is 0. The van der Waals surface area contributed by atoms with Crippen molar-refractivity contribution in [1.82, 2.24) is 19.5 Å². The lowest BCUT2D eigenvalue weighted by Gasteiger charge is -2.03. The van der Waals surface area contributed by atoms with E-state index in [-0.39, 0.29) is 11.6 Å². The number of H-pyrrole nitrogens is 2. The fourth-order valence-electron chi connectivity index (χ4n) is 2.12. The molecule has 0 amide bonds. The molecule has 3 N–H and O–H groups in total. The van der Waals surface area contributed by atoms with E-state index in [1.165, 1.54) is 4.57 Å². The number of imidazole rings is 2. The highest BCUT2D eigenvalue weighted by atomic mass is 16.3. The summed E-state index contributed by atoms with van der Waals surface area (Å²) in [6.45, 7) is 0.338. The van der Waals surface area contributed by atoms with Gasteiger partial charge in [0.2, 0.25) is 5.88 Å². The van der Waals surface area contributed by atoms with Crippen molar-refractivity contribution >= 4 is 0 Å². The fraction of sp³-hybridized carbons (Fsp3) is 0.143. The molecule has 0 spiro atoms. The van der Waals surface area contributed by atoms with E-state index in [0.717, 1.165) is 11.3 Å². The highest BCUT2D eigenvalue weighted by molar-refractivity contribution is 5.25. The van der Waals surface area contributed by atoms with Crippen molar-refractivity contribution in [3.8, 4) is 5.88 Å². The maximum atomic E-state index is 11.9. The smallest absolute Gasteiger partial charge is 0.328 e. The summed E-state index contributed by atoms with van der Waals surface area (Å²) in [5.41, 5.74) is 1.95. The number of aromatic amines is 2. The van der Waals surface area contributed by atoms with E-state index in [1.54, 1.807) is 12.5 Å². The van der Waals surface area contributed by atoms with Gasteiger partial charge in [-0.2, -0.15) is 0 Å². The lowest BCUT2D eigenvalue weighted by Crippen LogP contribution is -2.17. The van der Waals surface area contributed by atoms with Crippen LogP contribution < -0.4 is 5.69 Å². The minimum absolute atomic E-state index is 0.0338. The average Bonchev–Trinajstić information content (AvgIpc) is 3.05. The Morgan fingerprint density at radius 3 is 2.75 bits per heavy atom. The maximum Gasteiger partial charge on any atom is 0.328 e. The molecule has 2 heterocycles. The van der Waals surface area contributed by atoms with Crippen molar-refractivity contribution in [1.29, 1.82) is 0 Å². The molecule has 2 aromatic heterocycles. The SMILES string of the molecule is O=c1[nH]c(Cc2cnc[nH]2)c(O)n1Cc1ccccc1. The fourth-order valence-corrected chi connectivity index (χ4v) is 2.12. The minimum Gasteiger partial charge on any atom is -0.493 e. The molecule has 6 heteroatoms. The molecule has 0 atom stereocenters. The first-order chi connectivity index (χ1) is 9.74. The van der Waals surface area contributed by atoms with Gasteiger partial charge >= 0.3 is 5.69 Å². The molecule has 3 rings (SSSR count). The predicted octanol–water partition coefficient (Wildman–Crippen LogP) is 1.24. The van der Waals surface area contributed by atoms with Crippen LogP contribution in [0.1, 0.15) is 17.0 Å². The van der Waals surface area contributed by atoms with Crippen LogP contribution in [-0.2, 0) is 13.0 Å². The summed E-state index contributed by atoms with van der Waals surface area (Å²) in [5, 5.41) is 10.2. The van der Waals surface area contributed by atoms with Gasteiger partial charge in [0.1, 0.15) is 0 Å². The molecular formula is C14H14N4O2. The van der Waals surface area contributed by atoms with Gasteiger partial charge in [0.25, 0.3) is 0 Å². The van der Waals surface area contributed by atoms with Crippen molar-refractivity contribution in [2.75, 3.05) is 0 Å². The number of rotatable bonds is 4. The van der Waals surface area contributed by atoms with Gasteiger partial charge in [-0.05, 0) is 5.56 Å². The summed E-state index contributed by atoms with van der Waals surface area (Å²) in [5.74, 6) is -0.0338. The zero-order chi connectivity index (χ0) is 13.9. The second kappa shape index (κ2) is 5.08. The molecule has 102 valence electrons. The van der Waals surface area contributed by atoms with Crippen LogP contribution in [0.2, 0.25) is 0 Å². The molecule has 6 nitrogen and oxygen atoms in total. The highest BCUT2D eigenvalue weighted by Crippen LogP contribution is 2.17. The summed E-state index contributed by atoms with van der Waals surface area (Å²) in [6.07, 6.45) is 3.63. The van der Waals surface area contributed by atoms with Crippen LogP contribution in [0.3, 0.4) is 0 Å². The highest BCUT2D eigenvalue weighted by Gasteiger charge is 2.14. The number of aromatic nitrogens is 4. The Labute approximate surface area is 114 Å². The number of aromatic hydroxyl groups is 1. The van der Waals surface area contributed by atoms with Gasteiger partial charge in [0, 0.05) is 18.3 Å². The first-order valence-corrected chi connectivity index (χ1v) is 6.26. The minimum atomic E-state index is -0.319. The standard InChI is InChI=1S/C14H14N4O2/c19-13-12(6-11-7-15-9-16-11)17-14(20)18(13)8-10-4-2-1-3-5-10/h1-5,7,9,19H,6,8H2,(H,15,16)(H,17,20). The summed E-state index contributed by atoms with van der Waals surface area (Å²) in [4.78, 5) is 21.4. The normalized spacial score (nSPS) is 10.8. The Balaban J connectivity index is 1.89. The predicted molar refractivity (Wildman–Crippen MR) is 73.7 cm³/mol. The van der Waals surface area contributed by atoms with Crippen LogP contribution in [0.5, 0.6) is 5.88 Å². The Hall–Kier alpha value is -2.76. The number of hydrogen-bond acceptors (Lipinski definition) is 3. The number of nitrogens with zero attached hydrogens (tertiary/aromatic N) is 2. The zero-order valence-electron chi connectivity index (χ0n) is 10.7. The Kier molecular flexibility index (Phi) is 3.12. The largest absolute Gasteiger partial charge is 0.493 e. The molecule has 20 heavy (non-hydrogen) atoms. The van der Waals surface area contributed by atoms with E-state index in [1.807, 2.05) is 30.3 Å². The topological polar surface area (TPSA) is 86.7 Å². The van der Waals surface area contributed by atoms with E-state index in [0.29, 0.717) is 18.7 Å². The van der Waals surface area contributed by atoms with Crippen LogP contribution in [0.15, 0.2) is 47.7 Å². The van der Waals surface area contributed by atoms with Crippen molar-refractivity contribution in [3.63, 3.8) is 0 Å². The van der Waals surface area contributed by atoms with Crippen LogP contribution in [0.25, 0.3) is 0 Å². The first kappa shape index (κ1) is 12.3. The van der Waals surface area contributed by atoms with Gasteiger partial charge < -0.3 is 15.1 Å². The molecule has 0 aliphatic heterocycles. The molecule has 0 saturated carbocycles. The maximum absolute atomic E-state index is 11.9. The van der Waals surface area contributed by atoms with Crippen molar-refractivity contribution < 1.29 is 5.11 Å². The molecule has 1 aromatic carbocycles. The molecule has 0 fully saturated rings. The van der Waals surface area contributed by atoms with Gasteiger partial charge in [0.05, 0.1) is 18.6 Å². The quantitative estimate of drug-likeness (QED) is 0.666. The molecule has 0 radical (unpaired) electrons. The Bertz CT molecular complexity index is 741. The second-order valence-electron chi connectivity index (χ2n) is 4.56. The molecule has 0 aliphatic carbocycles. The zero-order valence-corrected chi connectivity index (χ0v) is 10.7. The van der Waals surface area contributed by atoms with Gasteiger partial charge in [-0.1, -0.05) is 30.3 Å². The van der Waals surface area contributed by atoms with Crippen LogP contribution in [-0.4, -0.2) is 24.6 Å². The van der Waals surface area contributed by atoms with Crippen molar-refractivity contribution in [2.24, 2.45) is 0 Å². The first-order valence-electron chi connectivity index (χ1n) is 6.26. The molecule has 0 aliphatic rings. The summed E-state index contributed by atoms with van der Waals surface area (Å²) in [7, 11) is 0. The average molecular weight is 270 g/mol. The van der Waals surface area contributed by atoms with Crippen molar-refractivity contribution in [2.45, 2.75) is 13.0 Å². The van der Waals surface area contributed by atoms with Gasteiger partial charge in [-0.25, -0.2) is 9.78 Å².